The highest BCUT2D eigenvalue weighted by Gasteiger charge is 2.33. The summed E-state index contributed by atoms with van der Waals surface area (Å²) in [5.41, 5.74) is 2.75. The Morgan fingerprint density at radius 2 is 1.78 bits per heavy atom. The molecule has 0 spiro atoms. The molecule has 0 aliphatic rings. The fourth-order valence-electron chi connectivity index (χ4n) is 1.92. The van der Waals surface area contributed by atoms with Crippen molar-refractivity contribution in [1.29, 1.82) is 0 Å². The second-order valence-corrected chi connectivity index (χ2v) is 5.58. The van der Waals surface area contributed by atoms with E-state index in [-0.39, 0.29) is 5.54 Å². The number of hydrogen-bond acceptors (Lipinski definition) is 3. The van der Waals surface area contributed by atoms with Crippen LogP contribution in [0.15, 0.2) is 12.1 Å². The number of methoxy groups -OCH3 is 1. The molecule has 1 unspecified atom stereocenters. The summed E-state index contributed by atoms with van der Waals surface area (Å²) in [6.07, 6.45) is -0.596. The van der Waals surface area contributed by atoms with E-state index in [0.29, 0.717) is 0 Å². The summed E-state index contributed by atoms with van der Waals surface area (Å²) in [7, 11) is 5.59. The molecule has 0 saturated heterocycles. The molecule has 102 valence electrons. The molecule has 0 aromatic heterocycles. The lowest BCUT2D eigenvalue weighted by Crippen LogP contribution is -2.43. The smallest absolute Gasteiger partial charge is 0.127 e. The van der Waals surface area contributed by atoms with Crippen LogP contribution in [-0.4, -0.2) is 36.8 Å². The predicted molar refractivity (Wildman–Crippen MR) is 75.2 cm³/mol. The number of ether oxygens (including phenoxy) is 1. The van der Waals surface area contributed by atoms with Crippen LogP contribution in [-0.2, 0) is 0 Å². The molecule has 0 fully saturated rings. The van der Waals surface area contributed by atoms with Crippen LogP contribution in [0.5, 0.6) is 5.75 Å². The second-order valence-electron chi connectivity index (χ2n) is 5.58. The molecule has 0 saturated carbocycles. The van der Waals surface area contributed by atoms with Crippen molar-refractivity contribution in [3.8, 4) is 5.75 Å². The summed E-state index contributed by atoms with van der Waals surface area (Å²) in [4.78, 5) is 2.02. The van der Waals surface area contributed by atoms with Crippen LogP contribution in [0, 0.1) is 13.8 Å². The normalized spacial score (nSPS) is 13.8. The quantitative estimate of drug-likeness (QED) is 0.893. The standard InChI is InChI=1S/C15H25NO2/c1-10-8-9-12(13(18-7)11(10)2)14(17)15(3,4)16(5)6/h8-9,14,17H,1-7H3. The molecule has 0 amide bonds. The molecule has 0 aliphatic heterocycles. The Morgan fingerprint density at radius 1 is 1.22 bits per heavy atom. The third-order valence-corrected chi connectivity index (χ3v) is 4.03. The highest BCUT2D eigenvalue weighted by Crippen LogP contribution is 2.37. The van der Waals surface area contributed by atoms with Gasteiger partial charge in [-0.1, -0.05) is 12.1 Å². The van der Waals surface area contributed by atoms with Crippen molar-refractivity contribution in [3.05, 3.63) is 28.8 Å². The highest BCUT2D eigenvalue weighted by atomic mass is 16.5. The second kappa shape index (κ2) is 5.29. The fourth-order valence-corrected chi connectivity index (χ4v) is 1.92. The lowest BCUT2D eigenvalue weighted by Gasteiger charge is -2.38. The molecule has 1 N–H and O–H groups in total. The molecule has 0 aliphatic carbocycles. The first-order valence-corrected chi connectivity index (χ1v) is 6.23. The van der Waals surface area contributed by atoms with Crippen LogP contribution in [0.25, 0.3) is 0 Å². The zero-order valence-electron chi connectivity index (χ0n) is 12.5. The van der Waals surface area contributed by atoms with Crippen LogP contribution >= 0.6 is 0 Å². The van der Waals surface area contributed by atoms with E-state index < -0.39 is 6.10 Å². The van der Waals surface area contributed by atoms with E-state index >= 15 is 0 Å². The van der Waals surface area contributed by atoms with Gasteiger partial charge in [-0.2, -0.15) is 0 Å². The van der Waals surface area contributed by atoms with E-state index in [1.807, 2.05) is 58.8 Å². The summed E-state index contributed by atoms with van der Waals surface area (Å²) in [6.45, 7) is 8.11. The average molecular weight is 251 g/mol. The maximum Gasteiger partial charge on any atom is 0.127 e. The van der Waals surface area contributed by atoms with Gasteiger partial charge in [0, 0.05) is 11.1 Å². The van der Waals surface area contributed by atoms with Crippen molar-refractivity contribution < 1.29 is 9.84 Å². The SMILES string of the molecule is COc1c(C(O)C(C)(C)N(C)C)ccc(C)c1C. The van der Waals surface area contributed by atoms with E-state index in [9.17, 15) is 5.11 Å². The van der Waals surface area contributed by atoms with Gasteiger partial charge in [-0.05, 0) is 52.9 Å². The van der Waals surface area contributed by atoms with Crippen LogP contribution in [0.4, 0.5) is 0 Å². The van der Waals surface area contributed by atoms with Crippen LogP contribution < -0.4 is 4.74 Å². The van der Waals surface area contributed by atoms with E-state index in [1.165, 1.54) is 5.56 Å². The molecule has 1 aromatic rings. The molecule has 3 nitrogen and oxygen atoms in total. The Balaban J connectivity index is 3.30. The van der Waals surface area contributed by atoms with Gasteiger partial charge in [0.25, 0.3) is 0 Å². The third kappa shape index (κ3) is 2.52. The fraction of sp³-hybridized carbons (Fsp3) is 0.600. The van der Waals surface area contributed by atoms with Crippen molar-refractivity contribution in [1.82, 2.24) is 4.90 Å². The molecular formula is C15H25NO2. The largest absolute Gasteiger partial charge is 0.496 e. The third-order valence-electron chi connectivity index (χ3n) is 4.03. The zero-order valence-corrected chi connectivity index (χ0v) is 12.5. The number of likely N-dealkylation sites (N-methyl/N-ethyl adjacent to an activating group) is 1. The first-order valence-electron chi connectivity index (χ1n) is 6.23. The molecule has 0 bridgehead atoms. The van der Waals surface area contributed by atoms with Gasteiger partial charge in [-0.3, -0.25) is 0 Å². The van der Waals surface area contributed by atoms with Crippen molar-refractivity contribution >= 4 is 0 Å². The number of hydrogen-bond donors (Lipinski definition) is 1. The number of benzene rings is 1. The Hall–Kier alpha value is -1.06. The van der Waals surface area contributed by atoms with Gasteiger partial charge in [0.05, 0.1) is 7.11 Å². The van der Waals surface area contributed by atoms with Gasteiger partial charge in [-0.15, -0.1) is 0 Å². The van der Waals surface area contributed by atoms with Crippen molar-refractivity contribution in [2.75, 3.05) is 21.2 Å². The maximum absolute atomic E-state index is 10.6. The Labute approximate surface area is 110 Å². The maximum atomic E-state index is 10.6. The van der Waals surface area contributed by atoms with Crippen molar-refractivity contribution in [2.45, 2.75) is 39.3 Å². The van der Waals surface area contributed by atoms with Crippen LogP contribution in [0.2, 0.25) is 0 Å². The summed E-state index contributed by atoms with van der Waals surface area (Å²) >= 11 is 0. The summed E-state index contributed by atoms with van der Waals surface area (Å²) in [6, 6.07) is 3.99. The first-order chi connectivity index (χ1) is 8.23. The average Bonchev–Trinajstić information content (AvgIpc) is 2.31. The van der Waals surface area contributed by atoms with Crippen LogP contribution in [0.3, 0.4) is 0 Å². The Morgan fingerprint density at radius 3 is 2.22 bits per heavy atom. The predicted octanol–water partition coefficient (Wildman–Crippen LogP) is 2.69. The molecule has 1 rings (SSSR count). The lowest BCUT2D eigenvalue weighted by molar-refractivity contribution is 0.0149. The number of aliphatic hydroxyl groups is 1. The number of aliphatic hydroxyl groups excluding tert-OH is 1. The Bertz CT molecular complexity index is 425. The van der Waals surface area contributed by atoms with E-state index in [2.05, 4.69) is 0 Å². The van der Waals surface area contributed by atoms with Gasteiger partial charge >= 0.3 is 0 Å². The van der Waals surface area contributed by atoms with Crippen LogP contribution in [0.1, 0.15) is 36.6 Å². The highest BCUT2D eigenvalue weighted by molar-refractivity contribution is 5.47. The molecular weight excluding hydrogens is 226 g/mol. The summed E-state index contributed by atoms with van der Waals surface area (Å²) in [5.74, 6) is 0.789. The molecule has 18 heavy (non-hydrogen) atoms. The molecule has 0 heterocycles. The monoisotopic (exact) mass is 251 g/mol. The first kappa shape index (κ1) is 15.0. The number of aryl methyl sites for hydroxylation is 1. The molecule has 1 aromatic carbocycles. The molecule has 0 radical (unpaired) electrons. The van der Waals surface area contributed by atoms with Crippen molar-refractivity contribution in [2.24, 2.45) is 0 Å². The van der Waals surface area contributed by atoms with E-state index in [4.69, 9.17) is 4.74 Å². The van der Waals surface area contributed by atoms with E-state index in [0.717, 1.165) is 16.9 Å². The number of rotatable bonds is 4. The zero-order chi connectivity index (χ0) is 14.1. The summed E-state index contributed by atoms with van der Waals surface area (Å²) in [5, 5.41) is 10.6. The lowest BCUT2D eigenvalue weighted by atomic mass is 9.88. The van der Waals surface area contributed by atoms with Gasteiger partial charge in [-0.25, -0.2) is 0 Å². The topological polar surface area (TPSA) is 32.7 Å². The summed E-state index contributed by atoms with van der Waals surface area (Å²) < 4.78 is 5.47. The minimum Gasteiger partial charge on any atom is -0.496 e. The van der Waals surface area contributed by atoms with Crippen molar-refractivity contribution in [3.63, 3.8) is 0 Å². The van der Waals surface area contributed by atoms with Gasteiger partial charge in [0.1, 0.15) is 11.9 Å². The molecule has 3 heteroatoms. The van der Waals surface area contributed by atoms with E-state index in [1.54, 1.807) is 7.11 Å². The molecule has 1 atom stereocenters. The minimum absolute atomic E-state index is 0.352. The minimum atomic E-state index is -0.596. The van der Waals surface area contributed by atoms with Gasteiger partial charge in [0.2, 0.25) is 0 Å². The Kier molecular flexibility index (Phi) is 4.41. The number of nitrogens with zero attached hydrogens (tertiary/aromatic N) is 1. The van der Waals surface area contributed by atoms with Gasteiger partial charge < -0.3 is 14.7 Å². The van der Waals surface area contributed by atoms with Gasteiger partial charge in [0.15, 0.2) is 0 Å².